The molecule has 5 heteroatoms. The van der Waals surface area contributed by atoms with Crippen LogP contribution < -0.4 is 16.6 Å². The van der Waals surface area contributed by atoms with Crippen LogP contribution in [0.5, 0.6) is 0 Å². The number of nitrogens with two attached hydrogens (primary N) is 1. The monoisotopic (exact) mass is 236 g/mol. The summed E-state index contributed by atoms with van der Waals surface area (Å²) in [6.07, 6.45) is 0.699. The highest BCUT2D eigenvalue weighted by Crippen LogP contribution is 2.09. The standard InChI is InChI=1S/C12H20N4O/c1-16(2)9-8-11(12(17)15-13)14-10-6-4-3-5-7-10/h3-7,11,14H,8-9,13H2,1-2H3,(H,15,17). The summed E-state index contributed by atoms with van der Waals surface area (Å²) in [5.41, 5.74) is 3.11. The Morgan fingerprint density at radius 1 is 1.35 bits per heavy atom. The van der Waals surface area contributed by atoms with Gasteiger partial charge in [-0.2, -0.15) is 0 Å². The molecule has 0 saturated carbocycles. The Balaban J connectivity index is 2.60. The van der Waals surface area contributed by atoms with Gasteiger partial charge in [0.25, 0.3) is 5.91 Å². The summed E-state index contributed by atoms with van der Waals surface area (Å²) < 4.78 is 0. The van der Waals surface area contributed by atoms with Crippen LogP contribution in [0.15, 0.2) is 30.3 Å². The number of nitrogens with one attached hydrogen (secondary N) is 2. The van der Waals surface area contributed by atoms with Crippen molar-refractivity contribution in [1.82, 2.24) is 10.3 Å². The van der Waals surface area contributed by atoms with E-state index in [0.29, 0.717) is 6.42 Å². The number of para-hydroxylation sites is 1. The minimum absolute atomic E-state index is 0.198. The third kappa shape index (κ3) is 4.84. The molecule has 0 aliphatic heterocycles. The summed E-state index contributed by atoms with van der Waals surface area (Å²) in [4.78, 5) is 13.6. The second-order valence-electron chi connectivity index (χ2n) is 4.16. The smallest absolute Gasteiger partial charge is 0.256 e. The number of amides is 1. The summed E-state index contributed by atoms with van der Waals surface area (Å²) in [7, 11) is 3.94. The molecule has 1 amide bonds. The van der Waals surface area contributed by atoms with E-state index in [0.717, 1.165) is 12.2 Å². The van der Waals surface area contributed by atoms with E-state index in [-0.39, 0.29) is 11.9 Å². The molecule has 0 aliphatic carbocycles. The Labute approximate surface area is 102 Å². The van der Waals surface area contributed by atoms with Crippen molar-refractivity contribution in [1.29, 1.82) is 0 Å². The number of hydrogen-bond acceptors (Lipinski definition) is 4. The van der Waals surface area contributed by atoms with Gasteiger partial charge in [-0.3, -0.25) is 10.2 Å². The second kappa shape index (κ2) is 6.88. The summed E-state index contributed by atoms with van der Waals surface area (Å²) in [5.74, 6) is 4.98. The average molecular weight is 236 g/mol. The van der Waals surface area contributed by atoms with Crippen LogP contribution in [0.1, 0.15) is 6.42 Å². The summed E-state index contributed by atoms with van der Waals surface area (Å²) in [6.45, 7) is 0.817. The Kier molecular flexibility index (Phi) is 5.45. The minimum Gasteiger partial charge on any atom is -0.374 e. The van der Waals surface area contributed by atoms with Crippen LogP contribution in [-0.2, 0) is 4.79 Å². The van der Waals surface area contributed by atoms with Crippen LogP contribution in [0.2, 0.25) is 0 Å². The van der Waals surface area contributed by atoms with E-state index in [1.165, 1.54) is 0 Å². The van der Waals surface area contributed by atoms with Crippen LogP contribution in [0.4, 0.5) is 5.69 Å². The first-order valence-corrected chi connectivity index (χ1v) is 5.60. The fourth-order valence-corrected chi connectivity index (χ4v) is 1.49. The number of carbonyl (C=O) groups excluding carboxylic acids is 1. The van der Waals surface area contributed by atoms with Gasteiger partial charge in [0.1, 0.15) is 6.04 Å². The normalized spacial score (nSPS) is 12.2. The minimum atomic E-state index is -0.315. The fourth-order valence-electron chi connectivity index (χ4n) is 1.49. The zero-order valence-corrected chi connectivity index (χ0v) is 10.3. The lowest BCUT2D eigenvalue weighted by Crippen LogP contribution is -2.44. The van der Waals surface area contributed by atoms with E-state index in [1.54, 1.807) is 0 Å². The Morgan fingerprint density at radius 2 is 2.00 bits per heavy atom. The molecule has 94 valence electrons. The van der Waals surface area contributed by atoms with Gasteiger partial charge in [-0.25, -0.2) is 5.84 Å². The predicted molar refractivity (Wildman–Crippen MR) is 69.4 cm³/mol. The van der Waals surface area contributed by atoms with Crippen LogP contribution in [-0.4, -0.2) is 37.5 Å². The molecule has 0 fully saturated rings. The van der Waals surface area contributed by atoms with Crippen LogP contribution in [0.25, 0.3) is 0 Å². The zero-order chi connectivity index (χ0) is 12.7. The number of anilines is 1. The molecule has 0 spiro atoms. The molecule has 0 bridgehead atoms. The van der Waals surface area contributed by atoms with E-state index in [9.17, 15) is 4.79 Å². The largest absolute Gasteiger partial charge is 0.374 e. The van der Waals surface area contributed by atoms with Gasteiger partial charge in [0.15, 0.2) is 0 Å². The van der Waals surface area contributed by atoms with Crippen LogP contribution in [0.3, 0.4) is 0 Å². The lowest BCUT2D eigenvalue weighted by atomic mass is 10.1. The maximum atomic E-state index is 11.6. The third-order valence-electron chi connectivity index (χ3n) is 2.44. The summed E-state index contributed by atoms with van der Waals surface area (Å²) >= 11 is 0. The maximum absolute atomic E-state index is 11.6. The van der Waals surface area contributed by atoms with Gasteiger partial charge in [0.05, 0.1) is 0 Å². The van der Waals surface area contributed by atoms with Gasteiger partial charge in [0, 0.05) is 5.69 Å². The van der Waals surface area contributed by atoms with Crippen molar-refractivity contribution in [2.75, 3.05) is 26.0 Å². The SMILES string of the molecule is CN(C)CCC(Nc1ccccc1)C(=O)NN. The van der Waals surface area contributed by atoms with E-state index in [2.05, 4.69) is 10.7 Å². The first kappa shape index (κ1) is 13.5. The number of hydrazine groups is 1. The van der Waals surface area contributed by atoms with Gasteiger partial charge in [-0.1, -0.05) is 18.2 Å². The highest BCUT2D eigenvalue weighted by molar-refractivity contribution is 5.84. The fraction of sp³-hybridized carbons (Fsp3) is 0.417. The predicted octanol–water partition coefficient (Wildman–Crippen LogP) is 0.409. The Bertz CT molecular complexity index is 340. The van der Waals surface area contributed by atoms with Crippen molar-refractivity contribution in [3.63, 3.8) is 0 Å². The molecule has 0 heterocycles. The van der Waals surface area contributed by atoms with E-state index >= 15 is 0 Å². The lowest BCUT2D eigenvalue weighted by molar-refractivity contribution is -0.122. The molecule has 0 saturated heterocycles. The Morgan fingerprint density at radius 3 is 2.53 bits per heavy atom. The van der Waals surface area contributed by atoms with Gasteiger partial charge in [-0.15, -0.1) is 0 Å². The van der Waals surface area contributed by atoms with E-state index in [1.807, 2.05) is 49.3 Å². The summed E-state index contributed by atoms with van der Waals surface area (Å²) in [5, 5.41) is 3.17. The average Bonchev–Trinajstić information content (AvgIpc) is 2.34. The number of hydrogen-bond donors (Lipinski definition) is 3. The zero-order valence-electron chi connectivity index (χ0n) is 10.3. The molecule has 17 heavy (non-hydrogen) atoms. The van der Waals surface area contributed by atoms with Gasteiger partial charge in [-0.05, 0) is 39.2 Å². The van der Waals surface area contributed by atoms with Gasteiger partial charge < -0.3 is 10.2 Å². The topological polar surface area (TPSA) is 70.4 Å². The van der Waals surface area contributed by atoms with Crippen molar-refractivity contribution < 1.29 is 4.79 Å². The lowest BCUT2D eigenvalue weighted by Gasteiger charge is -2.20. The molecule has 0 radical (unpaired) electrons. The molecular weight excluding hydrogens is 216 g/mol. The molecule has 0 aromatic heterocycles. The molecule has 1 aromatic carbocycles. The third-order valence-corrected chi connectivity index (χ3v) is 2.44. The quantitative estimate of drug-likeness (QED) is 0.380. The van der Waals surface area contributed by atoms with Crippen LogP contribution >= 0.6 is 0 Å². The van der Waals surface area contributed by atoms with Crippen molar-refractivity contribution in [2.24, 2.45) is 5.84 Å². The van der Waals surface area contributed by atoms with E-state index < -0.39 is 0 Å². The molecule has 1 unspecified atom stereocenters. The molecule has 1 aromatic rings. The van der Waals surface area contributed by atoms with Gasteiger partial charge >= 0.3 is 0 Å². The highest BCUT2D eigenvalue weighted by Gasteiger charge is 2.16. The highest BCUT2D eigenvalue weighted by atomic mass is 16.2. The number of benzene rings is 1. The summed E-state index contributed by atoms with van der Waals surface area (Å²) in [6, 6.07) is 9.31. The van der Waals surface area contributed by atoms with Gasteiger partial charge in [0.2, 0.25) is 0 Å². The van der Waals surface area contributed by atoms with Crippen molar-refractivity contribution in [3.8, 4) is 0 Å². The first-order valence-electron chi connectivity index (χ1n) is 5.60. The van der Waals surface area contributed by atoms with Crippen LogP contribution in [0, 0.1) is 0 Å². The second-order valence-corrected chi connectivity index (χ2v) is 4.16. The molecular formula is C12H20N4O. The molecule has 1 atom stereocenters. The molecule has 4 N–H and O–H groups in total. The van der Waals surface area contributed by atoms with Crippen molar-refractivity contribution in [2.45, 2.75) is 12.5 Å². The van der Waals surface area contributed by atoms with Crippen molar-refractivity contribution in [3.05, 3.63) is 30.3 Å². The maximum Gasteiger partial charge on any atom is 0.256 e. The molecule has 5 nitrogen and oxygen atoms in total. The molecule has 1 rings (SSSR count). The number of rotatable bonds is 6. The number of nitrogens with zero attached hydrogens (tertiary/aromatic N) is 1. The number of carbonyl (C=O) groups is 1. The first-order chi connectivity index (χ1) is 8.13. The van der Waals surface area contributed by atoms with Crippen molar-refractivity contribution >= 4 is 11.6 Å². The van der Waals surface area contributed by atoms with E-state index in [4.69, 9.17) is 5.84 Å². The molecule has 0 aliphatic rings. The Hall–Kier alpha value is -1.59.